The van der Waals surface area contributed by atoms with Crippen molar-refractivity contribution in [3.05, 3.63) is 29.8 Å². The van der Waals surface area contributed by atoms with Gasteiger partial charge in [0.2, 0.25) is 0 Å². The zero-order valence-electron chi connectivity index (χ0n) is 14.6. The van der Waals surface area contributed by atoms with E-state index < -0.39 is 20.5 Å². The number of hydrogen-bond donors (Lipinski definition) is 2. The van der Waals surface area contributed by atoms with Gasteiger partial charge in [-0.1, -0.05) is 39.3 Å². The maximum atomic E-state index is 13.2. The Kier molecular flexibility index (Phi) is 5.40. The summed E-state index contributed by atoms with van der Waals surface area (Å²) in [5.74, 6) is -0.823. The lowest BCUT2D eigenvalue weighted by molar-refractivity contribution is -0.133. The number of hydroxylamine groups is 1. The molecule has 1 saturated carbocycles. The van der Waals surface area contributed by atoms with Crippen LogP contribution in [0.15, 0.2) is 29.2 Å². The van der Waals surface area contributed by atoms with Crippen molar-refractivity contribution in [3.63, 3.8) is 0 Å². The molecule has 1 aliphatic carbocycles. The predicted octanol–water partition coefficient (Wildman–Crippen LogP) is 3.26. The molecule has 0 radical (unpaired) electrons. The van der Waals surface area contributed by atoms with E-state index in [-0.39, 0.29) is 23.2 Å². The number of carbonyl (C=O) groups excluding carboxylic acids is 1. The van der Waals surface area contributed by atoms with E-state index >= 15 is 0 Å². The molecule has 2 rings (SSSR count). The molecule has 1 aromatic carbocycles. The molecule has 0 aliphatic heterocycles. The van der Waals surface area contributed by atoms with Gasteiger partial charge in [-0.3, -0.25) is 10.0 Å². The topological polar surface area (TPSA) is 83.5 Å². The van der Waals surface area contributed by atoms with Crippen LogP contribution >= 0.6 is 0 Å². The third-order valence-corrected chi connectivity index (χ3v) is 7.73. The molecule has 0 atom stereocenters. The van der Waals surface area contributed by atoms with E-state index in [1.807, 2.05) is 0 Å². The molecular formula is C18H27NO4S. The number of sulfone groups is 1. The Morgan fingerprint density at radius 2 is 1.67 bits per heavy atom. The quantitative estimate of drug-likeness (QED) is 0.629. The zero-order chi connectivity index (χ0) is 18.0. The van der Waals surface area contributed by atoms with E-state index in [9.17, 15) is 13.2 Å². The lowest BCUT2D eigenvalue weighted by Crippen LogP contribution is -2.54. The lowest BCUT2D eigenvalue weighted by Gasteiger charge is -2.41. The molecular weight excluding hydrogens is 326 g/mol. The molecule has 0 heterocycles. The van der Waals surface area contributed by atoms with Crippen molar-refractivity contribution in [3.8, 4) is 0 Å². The second kappa shape index (κ2) is 6.84. The van der Waals surface area contributed by atoms with Gasteiger partial charge in [0, 0.05) is 0 Å². The fraction of sp³-hybridized carbons (Fsp3) is 0.611. The van der Waals surface area contributed by atoms with Crippen molar-refractivity contribution < 1.29 is 18.4 Å². The van der Waals surface area contributed by atoms with Crippen LogP contribution in [0.3, 0.4) is 0 Å². The van der Waals surface area contributed by atoms with Crippen molar-refractivity contribution >= 4 is 15.7 Å². The van der Waals surface area contributed by atoms with Crippen LogP contribution in [0, 0.1) is 5.41 Å². The van der Waals surface area contributed by atoms with Crippen LogP contribution < -0.4 is 5.48 Å². The van der Waals surface area contributed by atoms with E-state index in [0.29, 0.717) is 12.8 Å². The second-order valence-electron chi connectivity index (χ2n) is 7.50. The number of amides is 1. The largest absolute Gasteiger partial charge is 0.289 e. The van der Waals surface area contributed by atoms with Gasteiger partial charge in [-0.15, -0.1) is 0 Å². The summed E-state index contributed by atoms with van der Waals surface area (Å²) in [6, 6.07) is 6.75. The molecule has 1 aromatic rings. The van der Waals surface area contributed by atoms with Gasteiger partial charge in [0.05, 0.1) is 4.90 Å². The monoisotopic (exact) mass is 353 g/mol. The average molecular weight is 353 g/mol. The first-order chi connectivity index (χ1) is 11.2. The normalized spacial score (nSPS) is 19.7. The van der Waals surface area contributed by atoms with Crippen molar-refractivity contribution in [2.45, 2.75) is 68.9 Å². The summed E-state index contributed by atoms with van der Waals surface area (Å²) >= 11 is 0. The van der Waals surface area contributed by atoms with Gasteiger partial charge in [-0.05, 0) is 55.2 Å². The van der Waals surface area contributed by atoms with E-state index in [2.05, 4.69) is 20.8 Å². The molecule has 0 saturated heterocycles. The first-order valence-electron chi connectivity index (χ1n) is 8.47. The average Bonchev–Trinajstić information content (AvgIpc) is 2.55. The first-order valence-corrected chi connectivity index (χ1v) is 9.95. The van der Waals surface area contributed by atoms with E-state index in [1.165, 1.54) is 0 Å². The van der Waals surface area contributed by atoms with Crippen molar-refractivity contribution in [2.24, 2.45) is 5.41 Å². The number of hydrogen-bond acceptors (Lipinski definition) is 4. The Balaban J connectivity index is 2.43. The van der Waals surface area contributed by atoms with Crippen molar-refractivity contribution in [2.75, 3.05) is 0 Å². The number of rotatable bonds is 5. The van der Waals surface area contributed by atoms with Crippen LogP contribution in [0.5, 0.6) is 0 Å². The highest BCUT2D eigenvalue weighted by atomic mass is 32.2. The standard InChI is InChI=1S/C18H27NO4S/c1-4-5-14-6-8-15(9-7-14)24(22,23)18(16(20)19-21)12-10-17(2,3)11-13-18/h6-9,21H,4-5,10-13H2,1-3H3,(H,19,20). The van der Waals surface area contributed by atoms with Gasteiger partial charge in [0.1, 0.15) is 0 Å². The number of benzene rings is 1. The van der Waals surface area contributed by atoms with Crippen molar-refractivity contribution in [1.82, 2.24) is 5.48 Å². The van der Waals surface area contributed by atoms with E-state index in [4.69, 9.17) is 5.21 Å². The maximum absolute atomic E-state index is 13.2. The minimum atomic E-state index is -3.89. The summed E-state index contributed by atoms with van der Waals surface area (Å²) in [5.41, 5.74) is 2.66. The highest BCUT2D eigenvalue weighted by Gasteiger charge is 2.54. The summed E-state index contributed by atoms with van der Waals surface area (Å²) in [6.45, 7) is 6.20. The molecule has 1 amide bonds. The lowest BCUT2D eigenvalue weighted by atomic mass is 9.72. The van der Waals surface area contributed by atoms with Crippen LogP contribution in [0.2, 0.25) is 0 Å². The van der Waals surface area contributed by atoms with Gasteiger partial charge in [0.25, 0.3) is 5.91 Å². The fourth-order valence-corrected chi connectivity index (χ4v) is 5.38. The molecule has 0 spiro atoms. The Labute approximate surface area is 144 Å². The van der Waals surface area contributed by atoms with Crippen LogP contribution in [0.1, 0.15) is 58.4 Å². The zero-order valence-corrected chi connectivity index (χ0v) is 15.4. The third-order valence-electron chi connectivity index (χ3n) is 5.21. The molecule has 1 fully saturated rings. The minimum absolute atomic E-state index is 0.000259. The minimum Gasteiger partial charge on any atom is -0.289 e. The third kappa shape index (κ3) is 3.35. The Hall–Kier alpha value is -1.40. The second-order valence-corrected chi connectivity index (χ2v) is 9.76. The maximum Gasteiger partial charge on any atom is 0.265 e. The summed E-state index contributed by atoms with van der Waals surface area (Å²) in [6.07, 6.45) is 3.53. The highest BCUT2D eigenvalue weighted by molar-refractivity contribution is 7.93. The SMILES string of the molecule is CCCc1ccc(S(=O)(=O)C2(C(=O)NO)CCC(C)(C)CC2)cc1. The van der Waals surface area contributed by atoms with Gasteiger partial charge < -0.3 is 0 Å². The van der Waals surface area contributed by atoms with Crippen LogP contribution in [-0.4, -0.2) is 24.3 Å². The van der Waals surface area contributed by atoms with E-state index in [1.54, 1.807) is 29.7 Å². The van der Waals surface area contributed by atoms with Gasteiger partial charge >= 0.3 is 0 Å². The van der Waals surface area contributed by atoms with E-state index in [0.717, 1.165) is 18.4 Å². The predicted molar refractivity (Wildman–Crippen MR) is 92.5 cm³/mol. The van der Waals surface area contributed by atoms with Gasteiger partial charge in [-0.2, -0.15) is 0 Å². The Morgan fingerprint density at radius 3 is 2.12 bits per heavy atom. The summed E-state index contributed by atoms with van der Waals surface area (Å²) in [4.78, 5) is 12.5. The molecule has 5 nitrogen and oxygen atoms in total. The molecule has 0 unspecified atom stereocenters. The Bertz CT molecular complexity index is 682. The smallest absolute Gasteiger partial charge is 0.265 e. The van der Waals surface area contributed by atoms with Crippen LogP contribution in [0.4, 0.5) is 0 Å². The molecule has 24 heavy (non-hydrogen) atoms. The van der Waals surface area contributed by atoms with Gasteiger partial charge in [0.15, 0.2) is 14.6 Å². The van der Waals surface area contributed by atoms with Crippen LogP contribution in [-0.2, 0) is 21.1 Å². The fourth-order valence-electron chi connectivity index (χ4n) is 3.40. The molecule has 0 bridgehead atoms. The number of nitrogens with one attached hydrogen (secondary N) is 1. The number of carbonyl (C=O) groups is 1. The Morgan fingerprint density at radius 1 is 1.12 bits per heavy atom. The molecule has 0 aromatic heterocycles. The molecule has 1 aliphatic rings. The summed E-state index contributed by atoms with van der Waals surface area (Å²) in [5, 5.41) is 9.14. The van der Waals surface area contributed by atoms with Gasteiger partial charge in [-0.25, -0.2) is 13.9 Å². The summed E-state index contributed by atoms with van der Waals surface area (Å²) in [7, 11) is -3.89. The van der Waals surface area contributed by atoms with Crippen LogP contribution in [0.25, 0.3) is 0 Å². The molecule has 134 valence electrons. The number of aryl methyl sites for hydroxylation is 1. The molecule has 2 N–H and O–H groups in total. The summed E-state index contributed by atoms with van der Waals surface area (Å²) < 4.78 is 24.8. The van der Waals surface area contributed by atoms with Crippen molar-refractivity contribution in [1.29, 1.82) is 0 Å². The highest BCUT2D eigenvalue weighted by Crippen LogP contribution is 2.46. The molecule has 6 heteroatoms. The first kappa shape index (κ1) is 18.9.